The quantitative estimate of drug-likeness (QED) is 0.623. The van der Waals surface area contributed by atoms with E-state index in [4.69, 9.17) is 9.84 Å². The molecule has 1 aliphatic heterocycles. The van der Waals surface area contributed by atoms with E-state index < -0.39 is 5.97 Å². The van der Waals surface area contributed by atoms with Crippen molar-refractivity contribution < 1.29 is 24.5 Å². The molecule has 10 nitrogen and oxygen atoms in total. The molecule has 0 saturated carbocycles. The number of likely N-dealkylation sites (N-methyl/N-ethyl adjacent to an activating group) is 1. The zero-order chi connectivity index (χ0) is 24.7. The van der Waals surface area contributed by atoms with Gasteiger partial charge in [-0.05, 0) is 38.1 Å². The first-order valence-corrected chi connectivity index (χ1v) is 11.7. The van der Waals surface area contributed by atoms with E-state index in [9.17, 15) is 14.7 Å². The Morgan fingerprint density at radius 3 is 2.74 bits per heavy atom. The van der Waals surface area contributed by atoms with E-state index in [0.717, 1.165) is 11.3 Å². The summed E-state index contributed by atoms with van der Waals surface area (Å²) in [5.41, 5.74) is 2.00. The summed E-state index contributed by atoms with van der Waals surface area (Å²) in [6, 6.07) is 6.56. The molecule has 0 radical (unpaired) electrons. The molecule has 34 heavy (non-hydrogen) atoms. The van der Waals surface area contributed by atoms with Crippen LogP contribution < -0.4 is 0 Å². The lowest BCUT2D eigenvalue weighted by Crippen LogP contribution is -2.47. The number of hydrogen-bond donors (Lipinski definition) is 2. The van der Waals surface area contributed by atoms with Crippen molar-refractivity contribution in [3.05, 3.63) is 47.3 Å². The molecule has 186 valence electrons. The minimum absolute atomic E-state index is 0.00517. The van der Waals surface area contributed by atoms with Crippen LogP contribution >= 0.6 is 0 Å². The molecule has 0 unspecified atom stereocenters. The molecule has 1 aromatic heterocycles. The van der Waals surface area contributed by atoms with E-state index in [2.05, 4.69) is 22.1 Å². The van der Waals surface area contributed by atoms with Crippen molar-refractivity contribution in [3.63, 3.8) is 0 Å². The molecule has 3 rings (SSSR count). The number of ether oxygens (including phenoxy) is 1. The van der Waals surface area contributed by atoms with Crippen LogP contribution in [0.5, 0.6) is 0 Å². The first-order valence-electron chi connectivity index (χ1n) is 11.7. The van der Waals surface area contributed by atoms with Crippen LogP contribution in [0.1, 0.15) is 48.3 Å². The first kappa shape index (κ1) is 25.8. The lowest BCUT2D eigenvalue weighted by Gasteiger charge is -2.35. The van der Waals surface area contributed by atoms with Crippen LogP contribution in [0, 0.1) is 5.92 Å². The Balaban J connectivity index is 1.74. The number of amides is 1. The summed E-state index contributed by atoms with van der Waals surface area (Å²) in [6.45, 7) is 6.45. The molecule has 1 aromatic carbocycles. The summed E-state index contributed by atoms with van der Waals surface area (Å²) in [4.78, 5) is 27.9. The van der Waals surface area contributed by atoms with Gasteiger partial charge < -0.3 is 19.8 Å². The Hall–Kier alpha value is -2.82. The van der Waals surface area contributed by atoms with E-state index in [-0.39, 0.29) is 36.1 Å². The van der Waals surface area contributed by atoms with Gasteiger partial charge in [-0.25, -0.2) is 4.79 Å². The van der Waals surface area contributed by atoms with Gasteiger partial charge in [-0.2, -0.15) is 0 Å². The smallest absolute Gasteiger partial charge is 0.335 e. The molecule has 0 aliphatic carbocycles. The number of rotatable bonds is 7. The van der Waals surface area contributed by atoms with Crippen LogP contribution in [0.3, 0.4) is 0 Å². The number of aryl methyl sites for hydroxylation is 1. The number of carbonyl (C=O) groups is 2. The first-order chi connectivity index (χ1) is 16.3. The number of aromatic carboxylic acids is 1. The van der Waals surface area contributed by atoms with E-state index in [1.165, 1.54) is 0 Å². The van der Waals surface area contributed by atoms with Gasteiger partial charge in [-0.15, -0.1) is 5.10 Å². The van der Waals surface area contributed by atoms with Gasteiger partial charge in [0, 0.05) is 38.5 Å². The zero-order valence-electron chi connectivity index (χ0n) is 20.1. The van der Waals surface area contributed by atoms with Gasteiger partial charge in [0.25, 0.3) is 0 Å². The van der Waals surface area contributed by atoms with Crippen molar-refractivity contribution in [3.8, 4) is 0 Å². The Morgan fingerprint density at radius 2 is 2.06 bits per heavy atom. The van der Waals surface area contributed by atoms with E-state index >= 15 is 0 Å². The monoisotopic (exact) mass is 473 g/mol. The maximum atomic E-state index is 12.9. The summed E-state index contributed by atoms with van der Waals surface area (Å²) in [5, 5.41) is 27.1. The lowest BCUT2D eigenvalue weighted by atomic mass is 10.0. The molecule has 2 N–H and O–H groups in total. The number of aromatic nitrogens is 3. The van der Waals surface area contributed by atoms with Crippen molar-refractivity contribution in [2.24, 2.45) is 5.92 Å². The fourth-order valence-electron chi connectivity index (χ4n) is 4.13. The largest absolute Gasteiger partial charge is 0.478 e. The average molecular weight is 474 g/mol. The van der Waals surface area contributed by atoms with Gasteiger partial charge in [0.05, 0.1) is 37.1 Å². The molecule has 0 spiro atoms. The van der Waals surface area contributed by atoms with Gasteiger partial charge in [0.15, 0.2) is 0 Å². The van der Waals surface area contributed by atoms with E-state index in [1.54, 1.807) is 21.7 Å². The third-order valence-corrected chi connectivity index (χ3v) is 6.19. The Morgan fingerprint density at radius 1 is 1.32 bits per heavy atom. The third-order valence-electron chi connectivity index (χ3n) is 6.19. The van der Waals surface area contributed by atoms with Crippen molar-refractivity contribution in [1.82, 2.24) is 24.8 Å². The van der Waals surface area contributed by atoms with Crippen LogP contribution in [-0.4, -0.2) is 85.8 Å². The normalized spacial score (nSPS) is 21.0. The number of aliphatic hydroxyl groups excluding tert-OH is 1. The molecule has 10 heteroatoms. The summed E-state index contributed by atoms with van der Waals surface area (Å²) < 4.78 is 8.02. The predicted molar refractivity (Wildman–Crippen MR) is 125 cm³/mol. The maximum absolute atomic E-state index is 12.9. The number of carboxylic acid groups (broad SMARTS) is 1. The number of carboxylic acids is 1. The maximum Gasteiger partial charge on any atom is 0.335 e. The van der Waals surface area contributed by atoms with Gasteiger partial charge in [-0.3, -0.25) is 14.4 Å². The van der Waals surface area contributed by atoms with Crippen molar-refractivity contribution >= 4 is 11.9 Å². The topological polar surface area (TPSA) is 121 Å². The van der Waals surface area contributed by atoms with Crippen molar-refractivity contribution in [2.75, 3.05) is 26.7 Å². The number of fused-ring (bicyclic) bond motifs is 2. The molecule has 2 heterocycles. The van der Waals surface area contributed by atoms with E-state index in [0.29, 0.717) is 45.6 Å². The second-order valence-electron chi connectivity index (χ2n) is 9.18. The van der Waals surface area contributed by atoms with Crippen molar-refractivity contribution in [1.29, 1.82) is 0 Å². The highest BCUT2D eigenvalue weighted by Gasteiger charge is 2.28. The third kappa shape index (κ3) is 7.09. The lowest BCUT2D eigenvalue weighted by molar-refractivity contribution is -0.136. The number of aliphatic hydroxyl groups is 1. The Labute approximate surface area is 200 Å². The van der Waals surface area contributed by atoms with Crippen LogP contribution in [0.15, 0.2) is 30.5 Å². The summed E-state index contributed by atoms with van der Waals surface area (Å²) >= 11 is 0. The number of hydrogen-bond acceptors (Lipinski definition) is 7. The van der Waals surface area contributed by atoms with Crippen LogP contribution in [0.4, 0.5) is 0 Å². The van der Waals surface area contributed by atoms with Gasteiger partial charge in [-0.1, -0.05) is 24.3 Å². The number of benzene rings is 1. The molecule has 2 aromatic rings. The highest BCUT2D eigenvalue weighted by Crippen LogP contribution is 2.18. The van der Waals surface area contributed by atoms with Crippen LogP contribution in [-0.2, 0) is 29.2 Å². The summed E-state index contributed by atoms with van der Waals surface area (Å²) in [6.07, 6.45) is 2.68. The number of carbonyl (C=O) groups excluding carboxylic acids is 1. The van der Waals surface area contributed by atoms with Crippen LogP contribution in [0.25, 0.3) is 0 Å². The predicted octanol–water partition coefficient (Wildman–Crippen LogP) is 1.63. The average Bonchev–Trinajstić information content (AvgIpc) is 3.27. The van der Waals surface area contributed by atoms with Gasteiger partial charge in [0.1, 0.15) is 5.69 Å². The van der Waals surface area contributed by atoms with E-state index in [1.807, 2.05) is 32.3 Å². The van der Waals surface area contributed by atoms with Gasteiger partial charge >= 0.3 is 5.97 Å². The Kier molecular flexibility index (Phi) is 9.14. The highest BCUT2D eigenvalue weighted by molar-refractivity contribution is 5.87. The summed E-state index contributed by atoms with van der Waals surface area (Å²) in [5.74, 6) is -0.927. The second-order valence-corrected chi connectivity index (χ2v) is 9.18. The molecule has 2 bridgehead atoms. The summed E-state index contributed by atoms with van der Waals surface area (Å²) in [7, 11) is 1.98. The fraction of sp³-hybridized carbons (Fsp3) is 0.583. The molecule has 1 amide bonds. The van der Waals surface area contributed by atoms with Crippen LogP contribution in [0.2, 0.25) is 0 Å². The minimum atomic E-state index is -0.945. The SMILES string of the molecule is C[C@@H]1CN([C@@H](C)CO)C(=O)CCCn2cc(nn2)CO[C@H]1CN(C)Cc1ccc(C(=O)O)cc1. The highest BCUT2D eigenvalue weighted by atomic mass is 16.5. The molecule has 3 atom stereocenters. The molecule has 0 fully saturated rings. The fourth-order valence-corrected chi connectivity index (χ4v) is 4.13. The molecular weight excluding hydrogens is 438 g/mol. The Bertz CT molecular complexity index is 947. The molecule has 0 saturated heterocycles. The molecule has 1 aliphatic rings. The second kappa shape index (κ2) is 12.0. The molecular formula is C24H35N5O5. The number of nitrogens with zero attached hydrogens (tertiary/aromatic N) is 5. The van der Waals surface area contributed by atoms with Crippen molar-refractivity contribution in [2.45, 2.75) is 58.5 Å². The standard InChI is InChI=1S/C24H35N5O5/c1-17-11-29(18(2)15-30)23(31)5-4-10-28-13-21(25-26-28)16-34-22(17)14-27(3)12-19-6-8-20(9-7-19)24(32)33/h6-9,13,17-18,22,30H,4-5,10-12,14-16H2,1-3H3,(H,32,33)/t17-,18+,22+/m1/s1. The van der Waals surface area contributed by atoms with Gasteiger partial charge in [0.2, 0.25) is 5.91 Å². The minimum Gasteiger partial charge on any atom is -0.478 e. The zero-order valence-corrected chi connectivity index (χ0v) is 20.1.